The number of nitrogens with one attached hydrogen (secondary N) is 1. The van der Waals surface area contributed by atoms with Gasteiger partial charge in [0.25, 0.3) is 0 Å². The highest BCUT2D eigenvalue weighted by Gasteiger charge is 2.15. The summed E-state index contributed by atoms with van der Waals surface area (Å²) in [5.74, 6) is -0.0313. The van der Waals surface area contributed by atoms with Gasteiger partial charge in [-0.1, -0.05) is 41.4 Å². The van der Waals surface area contributed by atoms with Crippen LogP contribution in [0, 0.1) is 0 Å². The minimum atomic E-state index is -0.919. The van der Waals surface area contributed by atoms with E-state index in [1.165, 1.54) is 7.11 Å². The third-order valence-corrected chi connectivity index (χ3v) is 4.25. The summed E-state index contributed by atoms with van der Waals surface area (Å²) in [6, 6.07) is 10.2. The molecule has 2 aromatic carbocycles. The molecular formula is C18H19Cl2NO4. The van der Waals surface area contributed by atoms with Gasteiger partial charge in [-0.3, -0.25) is 4.79 Å². The average Bonchev–Trinajstić information content (AvgIpc) is 2.59. The Bertz CT molecular complexity index is 752. The highest BCUT2D eigenvalue weighted by atomic mass is 35.5. The van der Waals surface area contributed by atoms with E-state index in [9.17, 15) is 4.79 Å². The molecule has 0 aliphatic rings. The zero-order valence-corrected chi connectivity index (χ0v) is 15.4. The maximum absolute atomic E-state index is 10.9. The first-order chi connectivity index (χ1) is 11.9. The van der Waals surface area contributed by atoms with Crippen molar-refractivity contribution in [3.63, 3.8) is 0 Å². The molecule has 0 saturated carbocycles. The fourth-order valence-corrected chi connectivity index (χ4v) is 2.62. The molecule has 0 aliphatic heterocycles. The molecule has 0 radical (unpaired) electrons. The van der Waals surface area contributed by atoms with Crippen LogP contribution in [-0.2, 0) is 17.9 Å². The molecule has 1 atom stereocenters. The van der Waals surface area contributed by atoms with Crippen molar-refractivity contribution < 1.29 is 19.4 Å². The monoisotopic (exact) mass is 383 g/mol. The summed E-state index contributed by atoms with van der Waals surface area (Å²) in [5, 5.41) is 12.8. The maximum Gasteiger partial charge on any atom is 0.320 e. The second-order valence-electron chi connectivity index (χ2n) is 5.43. The molecule has 0 fully saturated rings. The molecule has 2 N–H and O–H groups in total. The third kappa shape index (κ3) is 5.26. The number of ether oxygens (including phenoxy) is 2. The predicted molar refractivity (Wildman–Crippen MR) is 97.7 cm³/mol. The lowest BCUT2D eigenvalue weighted by Crippen LogP contribution is -2.33. The van der Waals surface area contributed by atoms with Crippen molar-refractivity contribution in [3.8, 4) is 11.5 Å². The Labute approximate surface area is 156 Å². The summed E-state index contributed by atoms with van der Waals surface area (Å²) < 4.78 is 11.1. The predicted octanol–water partition coefficient (Wildman–Crippen LogP) is 4.14. The number of hydrogen-bond acceptors (Lipinski definition) is 4. The molecule has 0 heterocycles. The Morgan fingerprint density at radius 3 is 2.60 bits per heavy atom. The van der Waals surface area contributed by atoms with Crippen LogP contribution in [0.3, 0.4) is 0 Å². The Hall–Kier alpha value is -1.95. The largest absolute Gasteiger partial charge is 0.493 e. The van der Waals surface area contributed by atoms with Crippen LogP contribution in [0.1, 0.15) is 18.1 Å². The van der Waals surface area contributed by atoms with Gasteiger partial charge in [-0.15, -0.1) is 0 Å². The Morgan fingerprint density at radius 1 is 1.24 bits per heavy atom. The number of methoxy groups -OCH3 is 1. The van der Waals surface area contributed by atoms with Crippen LogP contribution in [0.15, 0.2) is 36.4 Å². The van der Waals surface area contributed by atoms with Crippen molar-refractivity contribution >= 4 is 29.2 Å². The normalized spacial score (nSPS) is 11.8. The molecule has 2 aromatic rings. The van der Waals surface area contributed by atoms with E-state index >= 15 is 0 Å². The summed E-state index contributed by atoms with van der Waals surface area (Å²) in [4.78, 5) is 10.9. The molecule has 0 saturated heterocycles. The lowest BCUT2D eigenvalue weighted by Gasteiger charge is -2.16. The minimum absolute atomic E-state index is 0.253. The molecule has 0 bridgehead atoms. The van der Waals surface area contributed by atoms with Crippen LogP contribution in [0.4, 0.5) is 0 Å². The van der Waals surface area contributed by atoms with Gasteiger partial charge in [0.15, 0.2) is 11.5 Å². The molecular weight excluding hydrogens is 365 g/mol. The summed E-state index contributed by atoms with van der Waals surface area (Å²) in [5.41, 5.74) is 1.63. The van der Waals surface area contributed by atoms with E-state index in [1.54, 1.807) is 25.1 Å². The van der Waals surface area contributed by atoms with Crippen LogP contribution in [0.2, 0.25) is 10.0 Å². The lowest BCUT2D eigenvalue weighted by molar-refractivity contribution is -0.139. The van der Waals surface area contributed by atoms with Gasteiger partial charge in [-0.05, 0) is 30.7 Å². The molecule has 1 unspecified atom stereocenters. The quantitative estimate of drug-likeness (QED) is 0.716. The zero-order chi connectivity index (χ0) is 18.4. The van der Waals surface area contributed by atoms with E-state index < -0.39 is 12.0 Å². The first kappa shape index (κ1) is 19.4. The highest BCUT2D eigenvalue weighted by Crippen LogP contribution is 2.37. The van der Waals surface area contributed by atoms with Crippen molar-refractivity contribution in [2.45, 2.75) is 26.1 Å². The van der Waals surface area contributed by atoms with Crippen molar-refractivity contribution in [1.29, 1.82) is 0 Å². The molecule has 25 heavy (non-hydrogen) atoms. The number of carboxylic acids is 1. The molecule has 0 amide bonds. The van der Waals surface area contributed by atoms with E-state index in [0.29, 0.717) is 28.1 Å². The summed E-state index contributed by atoms with van der Waals surface area (Å²) >= 11 is 12.4. The van der Waals surface area contributed by atoms with Crippen molar-refractivity contribution in [2.24, 2.45) is 0 Å². The molecule has 134 valence electrons. The second kappa shape index (κ2) is 8.94. The molecule has 0 aliphatic carbocycles. The SMILES string of the molecule is COc1cc(CNC(C)C(=O)O)cc(Cl)c1OCc1ccccc1Cl. The van der Waals surface area contributed by atoms with Gasteiger partial charge in [-0.2, -0.15) is 0 Å². The topological polar surface area (TPSA) is 67.8 Å². The highest BCUT2D eigenvalue weighted by molar-refractivity contribution is 6.32. The fraction of sp³-hybridized carbons (Fsp3) is 0.278. The number of hydrogen-bond donors (Lipinski definition) is 2. The van der Waals surface area contributed by atoms with E-state index in [1.807, 2.05) is 18.2 Å². The Morgan fingerprint density at radius 2 is 1.96 bits per heavy atom. The van der Waals surface area contributed by atoms with E-state index in [0.717, 1.165) is 11.1 Å². The van der Waals surface area contributed by atoms with Crippen LogP contribution in [0.5, 0.6) is 11.5 Å². The molecule has 0 aromatic heterocycles. The smallest absolute Gasteiger partial charge is 0.320 e. The van der Waals surface area contributed by atoms with Gasteiger partial charge in [0, 0.05) is 17.1 Å². The standard InChI is InChI=1S/C18H19Cl2NO4/c1-11(18(22)23)21-9-12-7-15(20)17(16(8-12)24-2)25-10-13-5-3-4-6-14(13)19/h3-8,11,21H,9-10H2,1-2H3,(H,22,23). The van der Waals surface area contributed by atoms with Gasteiger partial charge < -0.3 is 19.9 Å². The van der Waals surface area contributed by atoms with Crippen LogP contribution in [-0.4, -0.2) is 24.2 Å². The number of benzene rings is 2. The van der Waals surface area contributed by atoms with E-state index in [-0.39, 0.29) is 6.61 Å². The van der Waals surface area contributed by atoms with Crippen molar-refractivity contribution in [3.05, 3.63) is 57.6 Å². The van der Waals surface area contributed by atoms with E-state index in [4.69, 9.17) is 37.8 Å². The molecule has 7 heteroatoms. The van der Waals surface area contributed by atoms with Crippen LogP contribution >= 0.6 is 23.2 Å². The summed E-state index contributed by atoms with van der Waals surface area (Å²) in [7, 11) is 1.52. The number of carboxylic acid groups (broad SMARTS) is 1. The van der Waals surface area contributed by atoms with Crippen LogP contribution < -0.4 is 14.8 Å². The van der Waals surface area contributed by atoms with Gasteiger partial charge in [-0.25, -0.2) is 0 Å². The number of rotatable bonds is 8. The zero-order valence-electron chi connectivity index (χ0n) is 13.9. The van der Waals surface area contributed by atoms with Gasteiger partial charge >= 0.3 is 5.97 Å². The molecule has 0 spiro atoms. The number of halogens is 2. The molecule has 2 rings (SSSR count). The fourth-order valence-electron chi connectivity index (χ4n) is 2.14. The average molecular weight is 384 g/mol. The number of carbonyl (C=O) groups is 1. The number of aliphatic carboxylic acids is 1. The first-order valence-corrected chi connectivity index (χ1v) is 8.36. The summed E-state index contributed by atoms with van der Waals surface area (Å²) in [6.45, 7) is 2.17. The maximum atomic E-state index is 10.9. The first-order valence-electron chi connectivity index (χ1n) is 7.61. The lowest BCUT2D eigenvalue weighted by atomic mass is 10.2. The van der Waals surface area contributed by atoms with E-state index in [2.05, 4.69) is 5.32 Å². The van der Waals surface area contributed by atoms with Gasteiger partial charge in [0.05, 0.1) is 12.1 Å². The van der Waals surface area contributed by atoms with Crippen molar-refractivity contribution in [2.75, 3.05) is 7.11 Å². The summed E-state index contributed by atoms with van der Waals surface area (Å²) in [6.07, 6.45) is 0. The third-order valence-electron chi connectivity index (χ3n) is 3.60. The Kier molecular flexibility index (Phi) is 6.93. The van der Waals surface area contributed by atoms with Crippen LogP contribution in [0.25, 0.3) is 0 Å². The van der Waals surface area contributed by atoms with Gasteiger partial charge in [0.2, 0.25) is 0 Å². The Balaban J connectivity index is 2.13. The second-order valence-corrected chi connectivity index (χ2v) is 6.24. The van der Waals surface area contributed by atoms with Crippen molar-refractivity contribution in [1.82, 2.24) is 5.32 Å². The minimum Gasteiger partial charge on any atom is -0.493 e. The molecule has 5 nitrogen and oxygen atoms in total. The van der Waals surface area contributed by atoms with Gasteiger partial charge in [0.1, 0.15) is 12.6 Å².